The van der Waals surface area contributed by atoms with E-state index >= 15 is 0 Å². The number of nitrogens with zero attached hydrogens (tertiary/aromatic N) is 1. The molecule has 1 N–H and O–H groups in total. The maximum atomic E-state index is 12.3. The first kappa shape index (κ1) is 23.2. The number of rotatable bonds is 5. The van der Waals surface area contributed by atoms with E-state index in [1.165, 1.54) is 18.4 Å². The van der Waals surface area contributed by atoms with Gasteiger partial charge in [-0.2, -0.15) is 0 Å². The van der Waals surface area contributed by atoms with Gasteiger partial charge in [-0.15, -0.1) is 0 Å². The summed E-state index contributed by atoms with van der Waals surface area (Å²) in [5, 5.41) is 12.3. The first-order chi connectivity index (χ1) is 16.6. The van der Waals surface area contributed by atoms with Crippen molar-refractivity contribution in [1.82, 2.24) is 0 Å². The predicted molar refractivity (Wildman–Crippen MR) is 143 cm³/mol. The van der Waals surface area contributed by atoms with Crippen LogP contribution in [0.25, 0.3) is 6.08 Å². The topological polar surface area (TPSA) is 41.8 Å². The van der Waals surface area contributed by atoms with Gasteiger partial charge in [-0.05, 0) is 0 Å². The molecule has 34 heavy (non-hydrogen) atoms. The molecule has 0 heterocycles. The summed E-state index contributed by atoms with van der Waals surface area (Å²) in [6.07, 6.45) is 6.90. The minimum atomic E-state index is -0.962. The van der Waals surface area contributed by atoms with Gasteiger partial charge in [-0.3, -0.25) is 0 Å². The third-order valence-corrected chi connectivity index (χ3v) is 8.13. The number of hydrogen-bond acceptors (Lipinski definition) is 3. The molecule has 1 saturated carbocycles. The van der Waals surface area contributed by atoms with E-state index < -0.39 is 5.60 Å². The van der Waals surface area contributed by atoms with Crippen LogP contribution in [0.1, 0.15) is 54.9 Å². The molecule has 2 aliphatic carbocycles. The van der Waals surface area contributed by atoms with Crippen LogP contribution in [0.4, 0.5) is 0 Å². The molecule has 3 aromatic rings. The maximum absolute atomic E-state index is 12.3. The average molecular weight is 467 g/mol. The van der Waals surface area contributed by atoms with Crippen molar-refractivity contribution in [3.8, 4) is 5.75 Å². The molecule has 0 aliphatic heterocycles. The van der Waals surface area contributed by atoms with Gasteiger partial charge in [0, 0.05) is 0 Å². The quantitative estimate of drug-likeness (QED) is 0.338. The van der Waals surface area contributed by atoms with E-state index in [-0.39, 0.29) is 5.41 Å². The molecular weight excluding hydrogens is 436 g/mol. The van der Waals surface area contributed by atoms with E-state index in [4.69, 9.17) is 4.65 Å². The Balaban J connectivity index is 1.63. The molecule has 1 unspecified atom stereocenters. The number of benzene rings is 3. The average Bonchev–Trinajstić information content (AvgIpc) is 2.89. The second-order valence-corrected chi connectivity index (χ2v) is 9.92. The summed E-state index contributed by atoms with van der Waals surface area (Å²) < 4.78 is 9.52. The molecule has 0 spiro atoms. The van der Waals surface area contributed by atoms with Crippen molar-refractivity contribution in [1.29, 1.82) is 0 Å². The van der Waals surface area contributed by atoms with Crippen LogP contribution in [0.2, 0.25) is 0 Å². The number of fused-ring (bicyclic) bond motifs is 3. The monoisotopic (exact) mass is 467 g/mol. The SMILES string of the molecule is CC[C@@]12C/C(=C\c3ccccc3)[C@](O)(c3ccccc3)C[C@H]1CCc1cc(OB=NP)ccc12. The van der Waals surface area contributed by atoms with Crippen LogP contribution < -0.4 is 4.65 Å². The third-order valence-electron chi connectivity index (χ3n) is 8.01. The Hall–Kier alpha value is -2.55. The Kier molecular flexibility index (Phi) is 6.56. The van der Waals surface area contributed by atoms with Crippen LogP contribution in [-0.4, -0.2) is 12.4 Å². The van der Waals surface area contributed by atoms with Crippen molar-refractivity contribution in [3.63, 3.8) is 0 Å². The van der Waals surface area contributed by atoms with Gasteiger partial charge in [0.1, 0.15) is 0 Å². The minimum absolute atomic E-state index is 0.00242. The van der Waals surface area contributed by atoms with Crippen molar-refractivity contribution in [2.45, 2.75) is 50.0 Å². The Morgan fingerprint density at radius 1 is 1.09 bits per heavy atom. The molecule has 0 amide bonds. The molecule has 172 valence electrons. The second-order valence-electron chi connectivity index (χ2n) is 9.62. The summed E-state index contributed by atoms with van der Waals surface area (Å²) in [7, 11) is 3.75. The zero-order chi connectivity index (χ0) is 23.6. The van der Waals surface area contributed by atoms with Gasteiger partial charge in [-0.1, -0.05) is 12.1 Å². The third kappa shape index (κ3) is 4.08. The molecule has 0 saturated heterocycles. The van der Waals surface area contributed by atoms with Gasteiger partial charge in [-0.25, -0.2) is 0 Å². The van der Waals surface area contributed by atoms with Crippen LogP contribution in [0.5, 0.6) is 5.75 Å². The summed E-state index contributed by atoms with van der Waals surface area (Å²) in [4.78, 5) is 0. The number of aliphatic hydroxyl groups is 1. The van der Waals surface area contributed by atoms with E-state index in [1.54, 1.807) is 0 Å². The van der Waals surface area contributed by atoms with E-state index in [0.29, 0.717) is 5.92 Å². The summed E-state index contributed by atoms with van der Waals surface area (Å²) in [5.74, 6) is 1.23. The molecule has 0 bridgehead atoms. The van der Waals surface area contributed by atoms with E-state index in [1.807, 2.05) is 24.3 Å². The van der Waals surface area contributed by atoms with Crippen LogP contribution in [-0.2, 0) is 17.4 Å². The zero-order valence-corrected chi connectivity index (χ0v) is 20.8. The Labute approximate surface area is 205 Å². The van der Waals surface area contributed by atoms with Crippen LogP contribution in [0, 0.1) is 5.92 Å². The first-order valence-corrected chi connectivity index (χ1v) is 12.7. The van der Waals surface area contributed by atoms with Crippen LogP contribution in [0.15, 0.2) is 89.1 Å². The molecule has 0 aromatic heterocycles. The van der Waals surface area contributed by atoms with Crippen molar-refractivity contribution in [2.75, 3.05) is 0 Å². The van der Waals surface area contributed by atoms with Gasteiger partial charge < -0.3 is 0 Å². The molecule has 5 rings (SSSR count). The van der Waals surface area contributed by atoms with Crippen LogP contribution >= 0.6 is 9.39 Å². The second kappa shape index (κ2) is 9.60. The molecule has 3 aromatic carbocycles. The zero-order valence-electron chi connectivity index (χ0n) is 19.7. The summed E-state index contributed by atoms with van der Waals surface area (Å²) in [5.41, 5.74) is 5.04. The van der Waals surface area contributed by atoms with Gasteiger partial charge >= 0.3 is 193 Å². The standard InChI is InChI=1S/C29H31BNO2P/c1-2-28-19-25(17-21-9-5-3-6-10-21)29(32,23-11-7-4-8-12-23)20-24(28)14-13-22-18-26(33-30-31-34)15-16-27(22)28/h3-12,15-18,24,32H,2,13-14,19-20,34H2,1H3/b25-17+/t24-,28-,29-/m1/s1. The van der Waals surface area contributed by atoms with Crippen LogP contribution in [0.3, 0.4) is 0 Å². The molecule has 3 nitrogen and oxygen atoms in total. The molecular formula is C29H31BNO2P. The van der Waals surface area contributed by atoms with Gasteiger partial charge in [0.15, 0.2) is 0 Å². The fraction of sp³-hybridized carbons (Fsp3) is 0.310. The van der Waals surface area contributed by atoms with Gasteiger partial charge in [0.25, 0.3) is 0 Å². The van der Waals surface area contributed by atoms with E-state index in [9.17, 15) is 5.11 Å². The van der Waals surface area contributed by atoms with E-state index in [2.05, 4.69) is 81.7 Å². The van der Waals surface area contributed by atoms with Crippen molar-refractivity contribution in [3.05, 3.63) is 107 Å². The van der Waals surface area contributed by atoms with Gasteiger partial charge in [0.05, 0.1) is 0 Å². The summed E-state index contributed by atoms with van der Waals surface area (Å²) in [6, 6.07) is 27.1. The molecule has 4 atom stereocenters. The fourth-order valence-corrected chi connectivity index (χ4v) is 6.37. The Morgan fingerprint density at radius 3 is 2.53 bits per heavy atom. The van der Waals surface area contributed by atoms with Crippen molar-refractivity contribution in [2.24, 2.45) is 10.6 Å². The summed E-state index contributed by atoms with van der Waals surface area (Å²) in [6.45, 7) is 2.31. The molecule has 0 radical (unpaired) electrons. The van der Waals surface area contributed by atoms with Gasteiger partial charge in [0.2, 0.25) is 0 Å². The van der Waals surface area contributed by atoms with Crippen molar-refractivity contribution < 1.29 is 9.76 Å². The number of aryl methyl sites for hydroxylation is 1. The number of hydrogen-bond donors (Lipinski definition) is 1. The first-order valence-electron chi connectivity index (χ1n) is 12.1. The predicted octanol–water partition coefficient (Wildman–Crippen LogP) is 6.63. The molecule has 5 heteroatoms. The fourth-order valence-electron chi connectivity index (χ4n) is 6.31. The Bertz CT molecular complexity index is 1210. The van der Waals surface area contributed by atoms with E-state index in [0.717, 1.165) is 54.6 Å². The Morgan fingerprint density at radius 2 is 1.82 bits per heavy atom. The molecule has 1 fully saturated rings. The molecule has 2 aliphatic rings. The summed E-state index contributed by atoms with van der Waals surface area (Å²) >= 11 is 0. The normalized spacial score (nSPS) is 27.1. The van der Waals surface area contributed by atoms with Crippen molar-refractivity contribution >= 4 is 22.7 Å².